The van der Waals surface area contributed by atoms with Crippen molar-refractivity contribution in [3.8, 4) is 5.75 Å². The lowest BCUT2D eigenvalue weighted by Crippen LogP contribution is -2.47. The topological polar surface area (TPSA) is 49.9 Å². The van der Waals surface area contributed by atoms with Crippen molar-refractivity contribution in [1.82, 2.24) is 9.80 Å². The van der Waals surface area contributed by atoms with Gasteiger partial charge in [-0.15, -0.1) is 11.3 Å². The van der Waals surface area contributed by atoms with E-state index in [0.29, 0.717) is 24.8 Å². The van der Waals surface area contributed by atoms with Crippen LogP contribution in [0.4, 0.5) is 4.39 Å². The van der Waals surface area contributed by atoms with Gasteiger partial charge < -0.3 is 14.5 Å². The molecule has 1 fully saturated rings. The molecular weight excluding hydrogens is 391 g/mol. The van der Waals surface area contributed by atoms with E-state index in [9.17, 15) is 14.0 Å². The van der Waals surface area contributed by atoms with E-state index in [1.807, 2.05) is 16.3 Å². The van der Waals surface area contributed by atoms with E-state index < -0.39 is 0 Å². The fourth-order valence-corrected chi connectivity index (χ4v) is 4.71. The van der Waals surface area contributed by atoms with Gasteiger partial charge in [0.05, 0.1) is 12.6 Å². The number of rotatable bonds is 7. The zero-order valence-corrected chi connectivity index (χ0v) is 17.3. The molecule has 1 atom stereocenters. The van der Waals surface area contributed by atoms with Crippen LogP contribution in [0.5, 0.6) is 5.75 Å². The number of ether oxygens (including phenoxy) is 1. The van der Waals surface area contributed by atoms with Crippen molar-refractivity contribution in [2.75, 3.05) is 26.2 Å². The van der Waals surface area contributed by atoms with Crippen molar-refractivity contribution < 1.29 is 18.7 Å². The molecule has 2 aliphatic rings. The predicted molar refractivity (Wildman–Crippen MR) is 109 cm³/mol. The first-order valence-corrected chi connectivity index (χ1v) is 10.9. The highest BCUT2D eigenvalue weighted by molar-refractivity contribution is 7.10. The third-order valence-corrected chi connectivity index (χ3v) is 6.56. The van der Waals surface area contributed by atoms with Crippen molar-refractivity contribution in [2.24, 2.45) is 5.92 Å². The van der Waals surface area contributed by atoms with E-state index in [-0.39, 0.29) is 36.8 Å². The van der Waals surface area contributed by atoms with Gasteiger partial charge in [-0.25, -0.2) is 4.39 Å². The summed E-state index contributed by atoms with van der Waals surface area (Å²) < 4.78 is 19.3. The number of benzene rings is 1. The van der Waals surface area contributed by atoms with E-state index in [0.717, 1.165) is 24.8 Å². The summed E-state index contributed by atoms with van der Waals surface area (Å²) in [5, 5.41) is 2.03. The van der Waals surface area contributed by atoms with Crippen LogP contribution in [-0.4, -0.2) is 47.9 Å². The molecule has 0 N–H and O–H groups in total. The minimum Gasteiger partial charge on any atom is -0.491 e. The van der Waals surface area contributed by atoms with Crippen molar-refractivity contribution in [2.45, 2.75) is 32.2 Å². The summed E-state index contributed by atoms with van der Waals surface area (Å²) in [6.45, 7) is 3.12. The Morgan fingerprint density at radius 2 is 2.14 bits per heavy atom. The molecule has 5 nitrogen and oxygen atoms in total. The van der Waals surface area contributed by atoms with Crippen LogP contribution in [0.15, 0.2) is 35.7 Å². The molecule has 0 saturated heterocycles. The number of carbonyl (C=O) groups excluding carboxylic acids is 2. The first-order valence-electron chi connectivity index (χ1n) is 10.0. The maximum atomic E-state index is 13.5. The molecule has 2 amide bonds. The highest BCUT2D eigenvalue weighted by atomic mass is 32.1. The highest BCUT2D eigenvalue weighted by Gasteiger charge is 2.34. The Bertz CT molecular complexity index is 896. The van der Waals surface area contributed by atoms with Gasteiger partial charge in [-0.3, -0.25) is 9.59 Å². The molecule has 7 heteroatoms. The molecule has 1 unspecified atom stereocenters. The number of thiophene rings is 1. The number of hydrogen-bond donors (Lipinski definition) is 0. The first-order chi connectivity index (χ1) is 14.0. The smallest absolute Gasteiger partial charge is 0.242 e. The third-order valence-electron chi connectivity index (χ3n) is 5.57. The zero-order chi connectivity index (χ0) is 20.4. The summed E-state index contributed by atoms with van der Waals surface area (Å²) in [7, 11) is 0. The molecule has 0 bridgehead atoms. The Balaban J connectivity index is 1.49. The molecule has 1 aromatic heterocycles. The Kier molecular flexibility index (Phi) is 5.85. The minimum atomic E-state index is -0.354. The van der Waals surface area contributed by atoms with Crippen LogP contribution < -0.4 is 4.74 Å². The number of nitrogens with zero attached hydrogens (tertiary/aromatic N) is 2. The molecule has 2 heterocycles. The highest BCUT2D eigenvalue weighted by Crippen LogP contribution is 2.34. The minimum absolute atomic E-state index is 0.0638. The number of hydrogen-bond acceptors (Lipinski definition) is 4. The Labute approximate surface area is 174 Å². The van der Waals surface area contributed by atoms with E-state index in [4.69, 9.17) is 4.74 Å². The van der Waals surface area contributed by atoms with Crippen molar-refractivity contribution in [1.29, 1.82) is 0 Å². The number of fused-ring (bicyclic) bond motifs is 1. The molecule has 0 radical (unpaired) electrons. The summed E-state index contributed by atoms with van der Waals surface area (Å²) >= 11 is 1.68. The summed E-state index contributed by atoms with van der Waals surface area (Å²) in [5.74, 6) is 0.492. The number of amides is 2. The van der Waals surface area contributed by atoms with Gasteiger partial charge in [-0.1, -0.05) is 6.07 Å². The van der Waals surface area contributed by atoms with E-state index in [1.165, 1.54) is 23.9 Å². The second-order valence-electron chi connectivity index (χ2n) is 7.76. The summed E-state index contributed by atoms with van der Waals surface area (Å²) in [6.07, 6.45) is 3.06. The summed E-state index contributed by atoms with van der Waals surface area (Å²) in [4.78, 5) is 29.9. The van der Waals surface area contributed by atoms with Crippen LogP contribution in [0.25, 0.3) is 0 Å². The van der Waals surface area contributed by atoms with Crippen LogP contribution in [0, 0.1) is 11.7 Å². The van der Waals surface area contributed by atoms with Crippen LogP contribution in [0.3, 0.4) is 0 Å². The molecule has 1 aliphatic heterocycles. The lowest BCUT2D eigenvalue weighted by molar-refractivity contribution is -0.142. The van der Waals surface area contributed by atoms with Gasteiger partial charge in [0.15, 0.2) is 0 Å². The van der Waals surface area contributed by atoms with Crippen LogP contribution >= 0.6 is 11.3 Å². The first kappa shape index (κ1) is 19.9. The third kappa shape index (κ3) is 4.78. The van der Waals surface area contributed by atoms with Crippen molar-refractivity contribution in [3.63, 3.8) is 0 Å². The normalized spacial score (nSPS) is 18.3. The molecule has 2 aromatic rings. The SMILES string of the molecule is CC(=O)N(CC(=O)N1CCc2sccc2C1COc1cccc(F)c1)CC1CC1. The summed E-state index contributed by atoms with van der Waals surface area (Å²) in [5.41, 5.74) is 1.09. The standard InChI is InChI=1S/C22H25FN2O3S/c1-15(26)24(12-16-5-6-16)13-22(27)25-9-7-21-19(8-10-29-21)20(25)14-28-18-4-2-3-17(23)11-18/h2-4,8,10-11,16,20H,5-7,9,12-14H2,1H3. The molecule has 1 aromatic carbocycles. The second-order valence-corrected chi connectivity index (χ2v) is 8.76. The Morgan fingerprint density at radius 3 is 2.86 bits per heavy atom. The van der Waals surface area contributed by atoms with E-state index >= 15 is 0 Å². The largest absolute Gasteiger partial charge is 0.491 e. The number of halogens is 1. The van der Waals surface area contributed by atoms with Crippen LogP contribution in [-0.2, 0) is 16.0 Å². The van der Waals surface area contributed by atoms with Crippen LogP contribution in [0.1, 0.15) is 36.2 Å². The second kappa shape index (κ2) is 8.53. The predicted octanol–water partition coefficient (Wildman–Crippen LogP) is 3.65. The molecule has 4 rings (SSSR count). The average molecular weight is 417 g/mol. The summed E-state index contributed by atoms with van der Waals surface area (Å²) in [6, 6.07) is 7.82. The Morgan fingerprint density at radius 1 is 1.31 bits per heavy atom. The maximum absolute atomic E-state index is 13.5. The van der Waals surface area contributed by atoms with Gasteiger partial charge in [-0.05, 0) is 54.3 Å². The van der Waals surface area contributed by atoms with E-state index in [1.54, 1.807) is 28.4 Å². The quantitative estimate of drug-likeness (QED) is 0.692. The fraction of sp³-hybridized carbons (Fsp3) is 0.455. The zero-order valence-electron chi connectivity index (χ0n) is 16.5. The Hall–Kier alpha value is -2.41. The van der Waals surface area contributed by atoms with Gasteiger partial charge in [-0.2, -0.15) is 0 Å². The fourth-order valence-electron chi connectivity index (χ4n) is 3.78. The van der Waals surface area contributed by atoms with Gasteiger partial charge in [0.2, 0.25) is 11.8 Å². The van der Waals surface area contributed by atoms with Crippen molar-refractivity contribution in [3.05, 3.63) is 52.0 Å². The molecular formula is C22H25FN2O3S. The molecule has 1 saturated carbocycles. The van der Waals surface area contributed by atoms with Crippen molar-refractivity contribution >= 4 is 23.2 Å². The maximum Gasteiger partial charge on any atom is 0.242 e. The monoisotopic (exact) mass is 416 g/mol. The average Bonchev–Trinajstić information content (AvgIpc) is 3.38. The number of carbonyl (C=O) groups is 2. The lowest BCUT2D eigenvalue weighted by Gasteiger charge is -2.37. The molecule has 0 spiro atoms. The molecule has 154 valence electrons. The van der Waals surface area contributed by atoms with Gasteiger partial charge in [0, 0.05) is 31.0 Å². The van der Waals surface area contributed by atoms with Crippen LogP contribution in [0.2, 0.25) is 0 Å². The van der Waals surface area contributed by atoms with Gasteiger partial charge in [0.1, 0.15) is 18.2 Å². The molecule has 29 heavy (non-hydrogen) atoms. The molecule has 1 aliphatic carbocycles. The van der Waals surface area contributed by atoms with E-state index in [2.05, 4.69) is 0 Å². The van der Waals surface area contributed by atoms with Gasteiger partial charge in [0.25, 0.3) is 0 Å². The lowest BCUT2D eigenvalue weighted by atomic mass is 10.0. The van der Waals surface area contributed by atoms with Gasteiger partial charge >= 0.3 is 0 Å².